The van der Waals surface area contributed by atoms with Crippen LogP contribution in [-0.4, -0.2) is 11.5 Å². The van der Waals surface area contributed by atoms with Gasteiger partial charge in [0.05, 0.1) is 26.9 Å². The predicted octanol–water partition coefficient (Wildman–Crippen LogP) is 4.96. The van der Waals surface area contributed by atoms with Crippen LogP contribution in [0.25, 0.3) is 0 Å². The van der Waals surface area contributed by atoms with Crippen molar-refractivity contribution in [3.05, 3.63) is 62.7 Å². The third kappa shape index (κ3) is 2.84. The lowest BCUT2D eigenvalue weighted by Crippen LogP contribution is -2.14. The van der Waals surface area contributed by atoms with E-state index in [2.05, 4.69) is 0 Å². The number of hydrogen-bond donors (Lipinski definition) is 0. The second kappa shape index (κ2) is 5.42. The number of halogens is 4. The van der Waals surface area contributed by atoms with Gasteiger partial charge in [-0.25, -0.2) is 0 Å². The Balaban J connectivity index is 2.03. The van der Waals surface area contributed by atoms with Gasteiger partial charge in [0.1, 0.15) is 0 Å². The Bertz CT molecular complexity index is 793. The van der Waals surface area contributed by atoms with Gasteiger partial charge >= 0.3 is 6.18 Å². The molecule has 8 heteroatoms. The Hall–Kier alpha value is -2.28. The molecule has 0 saturated heterocycles. The maximum atomic E-state index is 12.7. The van der Waals surface area contributed by atoms with Crippen molar-refractivity contribution in [1.82, 2.24) is 0 Å². The predicted molar refractivity (Wildman–Crippen MR) is 80.3 cm³/mol. The molecule has 1 aliphatic rings. The number of fused-ring (bicyclic) bond motifs is 1. The first-order valence-corrected chi connectivity index (χ1v) is 7.07. The van der Waals surface area contributed by atoms with E-state index in [1.165, 1.54) is 18.2 Å². The van der Waals surface area contributed by atoms with Crippen LogP contribution in [0.3, 0.4) is 0 Å². The van der Waals surface area contributed by atoms with E-state index in [0.29, 0.717) is 24.3 Å². The fraction of sp³-hybridized carbons (Fsp3) is 0.200. The molecule has 0 aromatic heterocycles. The summed E-state index contributed by atoms with van der Waals surface area (Å²) in [7, 11) is 0. The van der Waals surface area contributed by atoms with Crippen molar-refractivity contribution in [2.45, 2.75) is 12.6 Å². The summed E-state index contributed by atoms with van der Waals surface area (Å²) in [5, 5.41) is 10.9. The number of benzene rings is 2. The third-order valence-corrected chi connectivity index (χ3v) is 4.04. The van der Waals surface area contributed by atoms with E-state index in [9.17, 15) is 23.3 Å². The maximum absolute atomic E-state index is 12.7. The highest BCUT2D eigenvalue weighted by Gasteiger charge is 2.32. The van der Waals surface area contributed by atoms with Crippen molar-refractivity contribution in [3.63, 3.8) is 0 Å². The van der Waals surface area contributed by atoms with E-state index >= 15 is 0 Å². The molecule has 0 saturated carbocycles. The summed E-state index contributed by atoms with van der Waals surface area (Å²) in [5.41, 5.74) is 0.995. The Kier molecular flexibility index (Phi) is 3.68. The van der Waals surface area contributed by atoms with Gasteiger partial charge < -0.3 is 4.90 Å². The molecule has 0 unspecified atom stereocenters. The molecule has 0 aliphatic carbocycles. The Morgan fingerprint density at radius 3 is 2.48 bits per heavy atom. The second-order valence-electron chi connectivity index (χ2n) is 5.14. The average Bonchev–Trinajstić information content (AvgIpc) is 2.89. The molecular formula is C15H10ClF3N2O2. The van der Waals surface area contributed by atoms with Crippen LogP contribution in [0.4, 0.5) is 30.2 Å². The van der Waals surface area contributed by atoms with Crippen molar-refractivity contribution in [2.75, 3.05) is 11.4 Å². The van der Waals surface area contributed by atoms with Gasteiger partial charge in [0.15, 0.2) is 0 Å². The standard InChI is InChI=1S/C15H10ClF3N2O2/c16-12-7-10(15(17,18)19)2-4-13(12)20-6-5-9-1-3-11(21(22)23)8-14(9)20/h1-4,7-8H,5-6H2. The molecule has 0 fully saturated rings. The first kappa shape index (κ1) is 15.6. The molecule has 1 heterocycles. The highest BCUT2D eigenvalue weighted by molar-refractivity contribution is 6.33. The van der Waals surface area contributed by atoms with E-state index in [4.69, 9.17) is 11.6 Å². The van der Waals surface area contributed by atoms with Gasteiger partial charge in [-0.3, -0.25) is 10.1 Å². The number of non-ortho nitro benzene ring substituents is 1. The largest absolute Gasteiger partial charge is 0.416 e. The SMILES string of the molecule is O=[N+]([O-])c1ccc2c(c1)N(c1ccc(C(F)(F)F)cc1Cl)CC2. The molecule has 0 radical (unpaired) electrons. The van der Waals surface area contributed by atoms with Gasteiger partial charge in [0.2, 0.25) is 0 Å². The summed E-state index contributed by atoms with van der Waals surface area (Å²) in [6.07, 6.45) is -3.82. The van der Waals surface area contributed by atoms with Crippen molar-refractivity contribution < 1.29 is 18.1 Å². The summed E-state index contributed by atoms with van der Waals surface area (Å²) in [6.45, 7) is 0.502. The van der Waals surface area contributed by atoms with Gasteiger partial charge in [-0.15, -0.1) is 0 Å². The van der Waals surface area contributed by atoms with Crippen LogP contribution in [0.2, 0.25) is 5.02 Å². The molecule has 0 N–H and O–H groups in total. The monoisotopic (exact) mass is 342 g/mol. The van der Waals surface area contributed by atoms with E-state index < -0.39 is 16.7 Å². The summed E-state index contributed by atoms with van der Waals surface area (Å²) < 4.78 is 38.1. The number of hydrogen-bond acceptors (Lipinski definition) is 3. The van der Waals surface area contributed by atoms with Gasteiger partial charge in [-0.1, -0.05) is 17.7 Å². The number of rotatable bonds is 2. The number of nitro benzene ring substituents is 1. The zero-order valence-corrected chi connectivity index (χ0v) is 12.4. The summed E-state index contributed by atoms with van der Waals surface area (Å²) in [4.78, 5) is 12.1. The topological polar surface area (TPSA) is 46.4 Å². The second-order valence-corrected chi connectivity index (χ2v) is 5.54. The minimum Gasteiger partial charge on any atom is -0.340 e. The molecule has 2 aromatic carbocycles. The lowest BCUT2D eigenvalue weighted by atomic mass is 10.1. The highest BCUT2D eigenvalue weighted by Crippen LogP contribution is 2.41. The van der Waals surface area contributed by atoms with Crippen LogP contribution in [-0.2, 0) is 12.6 Å². The number of alkyl halides is 3. The van der Waals surface area contributed by atoms with Gasteiger partial charge in [0.25, 0.3) is 5.69 Å². The van der Waals surface area contributed by atoms with E-state index in [1.807, 2.05) is 0 Å². The molecule has 0 bridgehead atoms. The normalized spacial score (nSPS) is 14.0. The zero-order valence-electron chi connectivity index (χ0n) is 11.6. The van der Waals surface area contributed by atoms with Crippen LogP contribution in [0, 0.1) is 10.1 Å². The number of nitro groups is 1. The van der Waals surface area contributed by atoms with E-state index in [1.54, 1.807) is 11.0 Å². The van der Waals surface area contributed by atoms with Crippen molar-refractivity contribution in [1.29, 1.82) is 0 Å². The van der Waals surface area contributed by atoms with Crippen LogP contribution in [0.15, 0.2) is 36.4 Å². The Morgan fingerprint density at radius 2 is 1.87 bits per heavy atom. The molecule has 0 amide bonds. The molecule has 0 spiro atoms. The minimum atomic E-state index is -4.47. The van der Waals surface area contributed by atoms with Crippen molar-refractivity contribution in [3.8, 4) is 0 Å². The van der Waals surface area contributed by atoms with Crippen molar-refractivity contribution >= 4 is 28.7 Å². The van der Waals surface area contributed by atoms with Crippen LogP contribution in [0.5, 0.6) is 0 Å². The smallest absolute Gasteiger partial charge is 0.340 e. The summed E-state index contributed by atoms with van der Waals surface area (Å²) in [5.74, 6) is 0. The summed E-state index contributed by atoms with van der Waals surface area (Å²) in [6, 6.07) is 7.60. The molecule has 120 valence electrons. The number of anilines is 2. The Morgan fingerprint density at radius 1 is 1.13 bits per heavy atom. The maximum Gasteiger partial charge on any atom is 0.416 e. The molecule has 3 rings (SSSR count). The zero-order chi connectivity index (χ0) is 16.8. The average molecular weight is 343 g/mol. The minimum absolute atomic E-state index is 0.0424. The quantitative estimate of drug-likeness (QED) is 0.572. The molecule has 4 nitrogen and oxygen atoms in total. The van der Waals surface area contributed by atoms with Crippen molar-refractivity contribution in [2.24, 2.45) is 0 Å². The molecule has 2 aromatic rings. The van der Waals surface area contributed by atoms with Crippen LogP contribution >= 0.6 is 11.6 Å². The van der Waals surface area contributed by atoms with E-state index in [-0.39, 0.29) is 10.7 Å². The van der Waals surface area contributed by atoms with Gasteiger partial charge in [-0.05, 0) is 30.2 Å². The molecule has 1 aliphatic heterocycles. The fourth-order valence-electron chi connectivity index (χ4n) is 2.63. The van der Waals surface area contributed by atoms with Crippen LogP contribution in [0.1, 0.15) is 11.1 Å². The lowest BCUT2D eigenvalue weighted by Gasteiger charge is -2.21. The lowest BCUT2D eigenvalue weighted by molar-refractivity contribution is -0.384. The van der Waals surface area contributed by atoms with Gasteiger partial charge in [-0.2, -0.15) is 13.2 Å². The molecule has 0 atom stereocenters. The Labute approximate surface area is 134 Å². The van der Waals surface area contributed by atoms with Crippen LogP contribution < -0.4 is 4.90 Å². The van der Waals surface area contributed by atoms with Gasteiger partial charge in [0, 0.05) is 18.7 Å². The first-order chi connectivity index (χ1) is 10.8. The number of nitrogens with zero attached hydrogens (tertiary/aromatic N) is 2. The first-order valence-electron chi connectivity index (χ1n) is 6.69. The molecule has 23 heavy (non-hydrogen) atoms. The highest BCUT2D eigenvalue weighted by atomic mass is 35.5. The summed E-state index contributed by atoms with van der Waals surface area (Å²) >= 11 is 6.01. The van der Waals surface area contributed by atoms with E-state index in [0.717, 1.165) is 17.7 Å². The third-order valence-electron chi connectivity index (χ3n) is 3.74. The fourth-order valence-corrected chi connectivity index (χ4v) is 2.92. The molecular weight excluding hydrogens is 333 g/mol.